The van der Waals surface area contributed by atoms with E-state index in [1.165, 1.54) is 0 Å². The number of rotatable bonds is 4. The van der Waals surface area contributed by atoms with Crippen LogP contribution in [-0.2, 0) is 11.2 Å². The largest absolute Gasteiger partial charge is 0.496 e. The second-order valence-electron chi connectivity index (χ2n) is 4.68. The van der Waals surface area contributed by atoms with Crippen molar-refractivity contribution in [1.82, 2.24) is 4.98 Å². The number of fused-ring (bicyclic) bond motifs is 1. The van der Waals surface area contributed by atoms with E-state index < -0.39 is 5.97 Å². The average Bonchev–Trinajstić information content (AvgIpc) is 2.35. The second-order valence-corrected chi connectivity index (χ2v) is 4.68. The summed E-state index contributed by atoms with van der Waals surface area (Å²) < 4.78 is 5.39. The smallest absolute Gasteiger partial charge is 0.303 e. The van der Waals surface area contributed by atoms with Gasteiger partial charge in [-0.15, -0.1) is 0 Å². The third-order valence-corrected chi connectivity index (χ3v) is 3.05. The second kappa shape index (κ2) is 5.26. The minimum atomic E-state index is -0.797. The minimum Gasteiger partial charge on any atom is -0.496 e. The average molecular weight is 259 g/mol. The number of nitrogens with zero attached hydrogens (tertiary/aromatic N) is 1. The number of carboxylic acid groups (broad SMARTS) is 1. The number of methoxy groups -OCH3 is 1. The Hall–Kier alpha value is -2.10. The van der Waals surface area contributed by atoms with Crippen LogP contribution in [0.3, 0.4) is 0 Å². The SMILES string of the molecule is COc1cc(C)nc2c(CCC(=O)O)cc(C)cc12. The van der Waals surface area contributed by atoms with Crippen molar-refractivity contribution < 1.29 is 14.6 Å². The Morgan fingerprint density at radius 1 is 1.32 bits per heavy atom. The van der Waals surface area contributed by atoms with Gasteiger partial charge in [0.05, 0.1) is 12.6 Å². The molecule has 0 bridgehead atoms. The molecule has 100 valence electrons. The van der Waals surface area contributed by atoms with E-state index in [0.29, 0.717) is 6.42 Å². The van der Waals surface area contributed by atoms with Gasteiger partial charge in [-0.25, -0.2) is 0 Å². The maximum absolute atomic E-state index is 10.7. The van der Waals surface area contributed by atoms with Gasteiger partial charge in [0.15, 0.2) is 0 Å². The third-order valence-electron chi connectivity index (χ3n) is 3.05. The van der Waals surface area contributed by atoms with Gasteiger partial charge in [-0.05, 0) is 37.5 Å². The molecule has 0 unspecified atom stereocenters. The molecule has 1 N–H and O–H groups in total. The summed E-state index contributed by atoms with van der Waals surface area (Å²) in [5, 5.41) is 9.76. The Kier molecular flexibility index (Phi) is 3.69. The number of hydrogen-bond acceptors (Lipinski definition) is 3. The van der Waals surface area contributed by atoms with Gasteiger partial charge in [0, 0.05) is 23.6 Å². The number of carboxylic acids is 1. The van der Waals surface area contributed by atoms with Crippen LogP contribution in [0.4, 0.5) is 0 Å². The Bertz CT molecular complexity index is 635. The van der Waals surface area contributed by atoms with E-state index in [0.717, 1.165) is 33.5 Å². The van der Waals surface area contributed by atoms with Crippen LogP contribution in [0.1, 0.15) is 23.2 Å². The summed E-state index contributed by atoms with van der Waals surface area (Å²) in [6.07, 6.45) is 0.587. The highest BCUT2D eigenvalue weighted by molar-refractivity contribution is 5.89. The molecule has 1 aromatic heterocycles. The number of hydrogen-bond donors (Lipinski definition) is 1. The van der Waals surface area contributed by atoms with Crippen molar-refractivity contribution in [2.75, 3.05) is 7.11 Å². The van der Waals surface area contributed by atoms with Crippen LogP contribution >= 0.6 is 0 Å². The van der Waals surface area contributed by atoms with Crippen LogP contribution < -0.4 is 4.74 Å². The normalized spacial score (nSPS) is 10.7. The zero-order valence-corrected chi connectivity index (χ0v) is 11.4. The standard InChI is InChI=1S/C15H17NO3/c1-9-6-11(4-5-14(17)18)15-12(7-9)13(19-3)8-10(2)16-15/h6-8H,4-5H2,1-3H3,(H,17,18). The van der Waals surface area contributed by atoms with Crippen molar-refractivity contribution in [2.24, 2.45) is 0 Å². The molecule has 0 saturated carbocycles. The molecular weight excluding hydrogens is 242 g/mol. The van der Waals surface area contributed by atoms with Crippen molar-refractivity contribution in [1.29, 1.82) is 0 Å². The number of benzene rings is 1. The summed E-state index contributed by atoms with van der Waals surface area (Å²) in [4.78, 5) is 15.3. The molecule has 0 aliphatic heterocycles. The summed E-state index contributed by atoms with van der Waals surface area (Å²) in [6.45, 7) is 3.89. The number of aromatic nitrogens is 1. The fourth-order valence-electron chi connectivity index (χ4n) is 2.25. The number of aliphatic carboxylic acids is 1. The number of pyridine rings is 1. The Morgan fingerprint density at radius 3 is 2.68 bits per heavy atom. The predicted molar refractivity (Wildman–Crippen MR) is 73.7 cm³/mol. The maximum Gasteiger partial charge on any atom is 0.303 e. The lowest BCUT2D eigenvalue weighted by atomic mass is 10.0. The van der Waals surface area contributed by atoms with Crippen molar-refractivity contribution in [3.8, 4) is 5.75 Å². The Labute approximate surface area is 112 Å². The fourth-order valence-corrected chi connectivity index (χ4v) is 2.25. The van der Waals surface area contributed by atoms with E-state index in [-0.39, 0.29) is 6.42 Å². The number of ether oxygens (including phenoxy) is 1. The molecule has 1 aromatic carbocycles. The first-order valence-electron chi connectivity index (χ1n) is 6.18. The number of carbonyl (C=O) groups is 1. The van der Waals surface area contributed by atoms with E-state index in [2.05, 4.69) is 4.98 Å². The molecule has 4 nitrogen and oxygen atoms in total. The van der Waals surface area contributed by atoms with Crippen LogP contribution in [0.15, 0.2) is 18.2 Å². The molecule has 0 amide bonds. The first-order valence-corrected chi connectivity index (χ1v) is 6.18. The van der Waals surface area contributed by atoms with E-state index in [9.17, 15) is 4.79 Å². The van der Waals surface area contributed by atoms with Gasteiger partial charge in [-0.2, -0.15) is 0 Å². The highest BCUT2D eigenvalue weighted by Crippen LogP contribution is 2.29. The Balaban J connectivity index is 2.62. The van der Waals surface area contributed by atoms with Gasteiger partial charge < -0.3 is 9.84 Å². The zero-order chi connectivity index (χ0) is 14.0. The van der Waals surface area contributed by atoms with Gasteiger partial charge in [0.25, 0.3) is 0 Å². The van der Waals surface area contributed by atoms with Gasteiger partial charge in [-0.1, -0.05) is 6.07 Å². The Morgan fingerprint density at radius 2 is 2.05 bits per heavy atom. The lowest BCUT2D eigenvalue weighted by Crippen LogP contribution is -2.00. The quantitative estimate of drug-likeness (QED) is 0.917. The van der Waals surface area contributed by atoms with Gasteiger partial charge in [0.1, 0.15) is 5.75 Å². The third kappa shape index (κ3) is 2.84. The van der Waals surface area contributed by atoms with Crippen molar-refractivity contribution >= 4 is 16.9 Å². The van der Waals surface area contributed by atoms with Crippen LogP contribution in [-0.4, -0.2) is 23.2 Å². The van der Waals surface area contributed by atoms with Crippen molar-refractivity contribution in [3.63, 3.8) is 0 Å². The molecule has 1 heterocycles. The molecular formula is C15H17NO3. The molecule has 0 fully saturated rings. The monoisotopic (exact) mass is 259 g/mol. The molecule has 0 aliphatic rings. The number of aryl methyl sites for hydroxylation is 3. The highest BCUT2D eigenvalue weighted by Gasteiger charge is 2.11. The van der Waals surface area contributed by atoms with E-state index in [1.54, 1.807) is 7.11 Å². The molecule has 0 radical (unpaired) electrons. The summed E-state index contributed by atoms with van der Waals surface area (Å²) in [7, 11) is 1.63. The first-order chi connectivity index (χ1) is 9.01. The van der Waals surface area contributed by atoms with Gasteiger partial charge >= 0.3 is 5.97 Å². The van der Waals surface area contributed by atoms with E-state index in [4.69, 9.17) is 9.84 Å². The maximum atomic E-state index is 10.7. The summed E-state index contributed by atoms with van der Waals surface area (Å²) in [5.41, 5.74) is 3.74. The molecule has 2 rings (SSSR count). The van der Waals surface area contributed by atoms with Crippen LogP contribution in [0.2, 0.25) is 0 Å². The minimum absolute atomic E-state index is 0.108. The van der Waals surface area contributed by atoms with Crippen LogP contribution in [0.25, 0.3) is 10.9 Å². The lowest BCUT2D eigenvalue weighted by molar-refractivity contribution is -0.136. The van der Waals surface area contributed by atoms with Crippen LogP contribution in [0.5, 0.6) is 5.75 Å². The van der Waals surface area contributed by atoms with Crippen molar-refractivity contribution in [3.05, 3.63) is 35.0 Å². The molecule has 0 spiro atoms. The summed E-state index contributed by atoms with van der Waals surface area (Å²) in [6, 6.07) is 5.91. The van der Waals surface area contributed by atoms with E-state index in [1.807, 2.05) is 32.0 Å². The topological polar surface area (TPSA) is 59.4 Å². The first kappa shape index (κ1) is 13.3. The summed E-state index contributed by atoms with van der Waals surface area (Å²) in [5.74, 6) is -0.0166. The van der Waals surface area contributed by atoms with Crippen molar-refractivity contribution in [2.45, 2.75) is 26.7 Å². The molecule has 4 heteroatoms. The van der Waals surface area contributed by atoms with Crippen LogP contribution in [0, 0.1) is 13.8 Å². The molecule has 0 aliphatic carbocycles. The molecule has 19 heavy (non-hydrogen) atoms. The zero-order valence-electron chi connectivity index (χ0n) is 11.4. The summed E-state index contributed by atoms with van der Waals surface area (Å²) >= 11 is 0. The van der Waals surface area contributed by atoms with Gasteiger partial charge in [0.2, 0.25) is 0 Å². The highest BCUT2D eigenvalue weighted by atomic mass is 16.5. The molecule has 0 atom stereocenters. The van der Waals surface area contributed by atoms with E-state index >= 15 is 0 Å². The molecule has 0 saturated heterocycles. The lowest BCUT2D eigenvalue weighted by Gasteiger charge is -2.11. The molecule has 2 aromatic rings. The predicted octanol–water partition coefficient (Wildman–Crippen LogP) is 2.88. The van der Waals surface area contributed by atoms with Gasteiger partial charge in [-0.3, -0.25) is 9.78 Å². The fraction of sp³-hybridized carbons (Fsp3) is 0.333.